The number of aliphatic imine (C=N–C) groups is 2. The highest BCUT2D eigenvalue weighted by molar-refractivity contribution is 6.17. The summed E-state index contributed by atoms with van der Waals surface area (Å²) in [6.45, 7) is 15.7. The molecule has 0 atom stereocenters. The van der Waals surface area contributed by atoms with Gasteiger partial charge in [-0.05, 0) is 71.9 Å². The minimum absolute atomic E-state index is 0.378. The summed E-state index contributed by atoms with van der Waals surface area (Å²) in [5.74, 6) is 0.820. The molecule has 1 heterocycles. The molecular formula is C27H30N2. The van der Waals surface area contributed by atoms with Crippen LogP contribution in [0.25, 0.3) is 11.1 Å². The molecule has 29 heavy (non-hydrogen) atoms. The molecule has 4 rings (SSSR count). The normalized spacial score (nSPS) is 17.6. The van der Waals surface area contributed by atoms with Crippen LogP contribution in [0, 0.1) is 5.41 Å². The zero-order chi connectivity index (χ0) is 20.6. The van der Waals surface area contributed by atoms with E-state index in [0.29, 0.717) is 12.0 Å². The standard InChI is InChI=1S/C27H30N2/c1-6-27(7-2)15-19(5)24-14-22(12-13-23(24)16-27)25-17-28-26(29-25)21-10-8-20(9-11-21)18(3)4/h8-14H,3,5-7,15-17H2,1-2,4H3. The van der Waals surface area contributed by atoms with Gasteiger partial charge in [-0.1, -0.05) is 69.0 Å². The summed E-state index contributed by atoms with van der Waals surface area (Å²) < 4.78 is 0. The molecule has 1 aliphatic heterocycles. The topological polar surface area (TPSA) is 24.7 Å². The van der Waals surface area contributed by atoms with Crippen LogP contribution in [0.5, 0.6) is 0 Å². The molecule has 2 aromatic carbocycles. The van der Waals surface area contributed by atoms with Crippen LogP contribution >= 0.6 is 0 Å². The molecule has 2 nitrogen and oxygen atoms in total. The molecule has 0 saturated carbocycles. The van der Waals surface area contributed by atoms with Crippen molar-refractivity contribution in [3.8, 4) is 0 Å². The summed E-state index contributed by atoms with van der Waals surface area (Å²) in [6.07, 6.45) is 4.66. The lowest BCUT2D eigenvalue weighted by molar-refractivity contribution is 0.261. The van der Waals surface area contributed by atoms with Gasteiger partial charge in [0.15, 0.2) is 5.84 Å². The first-order chi connectivity index (χ1) is 13.9. The fourth-order valence-corrected chi connectivity index (χ4v) is 4.57. The Morgan fingerprint density at radius 3 is 2.34 bits per heavy atom. The van der Waals surface area contributed by atoms with Crippen LogP contribution in [0.3, 0.4) is 0 Å². The SMILES string of the molecule is C=C(C)c1ccc(C2=NCC(c3ccc4c(c3)C(=C)CC(CC)(CC)C4)=N2)cc1. The molecule has 0 radical (unpaired) electrons. The lowest BCUT2D eigenvalue weighted by atomic mass is 9.66. The summed E-state index contributed by atoms with van der Waals surface area (Å²) in [7, 11) is 0. The van der Waals surface area contributed by atoms with E-state index >= 15 is 0 Å². The predicted molar refractivity (Wildman–Crippen MR) is 126 cm³/mol. The minimum atomic E-state index is 0.378. The Morgan fingerprint density at radius 1 is 1.00 bits per heavy atom. The molecule has 0 unspecified atom stereocenters. The van der Waals surface area contributed by atoms with Gasteiger partial charge in [0.1, 0.15) is 0 Å². The monoisotopic (exact) mass is 382 g/mol. The van der Waals surface area contributed by atoms with E-state index in [9.17, 15) is 0 Å². The summed E-state index contributed by atoms with van der Waals surface area (Å²) >= 11 is 0. The number of hydrogen-bond acceptors (Lipinski definition) is 2. The van der Waals surface area contributed by atoms with Crippen LogP contribution < -0.4 is 0 Å². The zero-order valence-corrected chi connectivity index (χ0v) is 17.9. The van der Waals surface area contributed by atoms with Crippen molar-refractivity contribution in [2.45, 2.75) is 46.5 Å². The van der Waals surface area contributed by atoms with Gasteiger partial charge in [-0.3, -0.25) is 4.99 Å². The van der Waals surface area contributed by atoms with Gasteiger partial charge in [0.05, 0.1) is 12.3 Å². The van der Waals surface area contributed by atoms with Crippen molar-refractivity contribution in [3.63, 3.8) is 0 Å². The highest BCUT2D eigenvalue weighted by Crippen LogP contribution is 2.45. The quantitative estimate of drug-likeness (QED) is 0.547. The van der Waals surface area contributed by atoms with E-state index in [4.69, 9.17) is 4.99 Å². The molecule has 0 amide bonds. The Balaban J connectivity index is 1.59. The number of fused-ring (bicyclic) bond motifs is 1. The average molecular weight is 383 g/mol. The number of nitrogens with zero attached hydrogens (tertiary/aromatic N) is 2. The maximum Gasteiger partial charge on any atom is 0.155 e. The van der Waals surface area contributed by atoms with Gasteiger partial charge in [0, 0.05) is 5.56 Å². The van der Waals surface area contributed by atoms with Crippen LogP contribution in [0.2, 0.25) is 0 Å². The molecule has 0 fully saturated rings. The lowest BCUT2D eigenvalue weighted by Crippen LogP contribution is -2.27. The second-order valence-electron chi connectivity index (χ2n) is 8.59. The maximum atomic E-state index is 4.85. The maximum absolute atomic E-state index is 4.85. The van der Waals surface area contributed by atoms with E-state index in [-0.39, 0.29) is 0 Å². The number of amidine groups is 1. The first-order valence-corrected chi connectivity index (χ1v) is 10.6. The number of benzene rings is 2. The third-order valence-electron chi connectivity index (χ3n) is 6.73. The van der Waals surface area contributed by atoms with Gasteiger partial charge in [-0.15, -0.1) is 0 Å². The van der Waals surface area contributed by atoms with Gasteiger partial charge >= 0.3 is 0 Å². The van der Waals surface area contributed by atoms with Crippen molar-refractivity contribution in [2.24, 2.45) is 15.4 Å². The first kappa shape index (κ1) is 19.6. The molecule has 148 valence electrons. The smallest absolute Gasteiger partial charge is 0.155 e. The third kappa shape index (κ3) is 3.64. The second kappa shape index (κ2) is 7.59. The van der Waals surface area contributed by atoms with Crippen molar-refractivity contribution in [3.05, 3.63) is 83.4 Å². The van der Waals surface area contributed by atoms with Crippen molar-refractivity contribution >= 4 is 22.7 Å². The summed E-state index contributed by atoms with van der Waals surface area (Å²) in [5, 5.41) is 0. The van der Waals surface area contributed by atoms with Crippen LogP contribution in [0.15, 0.2) is 65.6 Å². The van der Waals surface area contributed by atoms with E-state index < -0.39 is 0 Å². The molecule has 0 saturated heterocycles. The van der Waals surface area contributed by atoms with E-state index in [1.54, 1.807) is 0 Å². The first-order valence-electron chi connectivity index (χ1n) is 10.6. The molecular weight excluding hydrogens is 352 g/mol. The van der Waals surface area contributed by atoms with Crippen LogP contribution in [-0.2, 0) is 6.42 Å². The lowest BCUT2D eigenvalue weighted by Gasteiger charge is -2.38. The molecule has 2 heteroatoms. The second-order valence-corrected chi connectivity index (χ2v) is 8.59. The van der Waals surface area contributed by atoms with Gasteiger partial charge in [-0.2, -0.15) is 0 Å². The molecule has 0 N–H and O–H groups in total. The Kier molecular flexibility index (Phi) is 5.12. The van der Waals surface area contributed by atoms with Crippen LogP contribution in [-0.4, -0.2) is 18.1 Å². The largest absolute Gasteiger partial charge is 0.260 e. The highest BCUT2D eigenvalue weighted by Gasteiger charge is 2.33. The molecule has 0 spiro atoms. The molecule has 2 aromatic rings. The van der Waals surface area contributed by atoms with Crippen molar-refractivity contribution in [2.75, 3.05) is 6.54 Å². The Bertz CT molecular complexity index is 1030. The third-order valence-corrected chi connectivity index (χ3v) is 6.73. The van der Waals surface area contributed by atoms with Gasteiger partial charge < -0.3 is 0 Å². The molecule has 0 aromatic heterocycles. The Labute approximate surface area is 174 Å². The van der Waals surface area contributed by atoms with Crippen LogP contribution in [0.1, 0.15) is 67.9 Å². The van der Waals surface area contributed by atoms with Gasteiger partial charge in [0.25, 0.3) is 0 Å². The predicted octanol–water partition coefficient (Wildman–Crippen LogP) is 6.74. The molecule has 2 aliphatic rings. The fourth-order valence-electron chi connectivity index (χ4n) is 4.57. The highest BCUT2D eigenvalue weighted by atomic mass is 15.0. The zero-order valence-electron chi connectivity index (χ0n) is 17.9. The van der Waals surface area contributed by atoms with Gasteiger partial charge in [0.2, 0.25) is 0 Å². The van der Waals surface area contributed by atoms with Crippen molar-refractivity contribution in [1.82, 2.24) is 0 Å². The van der Waals surface area contributed by atoms with E-state index in [2.05, 4.69) is 74.5 Å². The number of allylic oxidation sites excluding steroid dienone is 2. The van der Waals surface area contributed by atoms with Crippen molar-refractivity contribution < 1.29 is 0 Å². The Morgan fingerprint density at radius 2 is 1.69 bits per heavy atom. The molecule has 0 bridgehead atoms. The van der Waals surface area contributed by atoms with E-state index in [0.717, 1.165) is 41.1 Å². The van der Waals surface area contributed by atoms with E-state index in [1.807, 2.05) is 6.92 Å². The summed E-state index contributed by atoms with van der Waals surface area (Å²) in [5.41, 5.74) is 9.90. The fraction of sp³-hybridized carbons (Fsp3) is 0.333. The molecule has 1 aliphatic carbocycles. The summed E-state index contributed by atoms with van der Waals surface area (Å²) in [6, 6.07) is 15.1. The number of rotatable bonds is 5. The summed E-state index contributed by atoms with van der Waals surface area (Å²) in [4.78, 5) is 9.54. The average Bonchev–Trinajstić information content (AvgIpc) is 3.23. The number of hydrogen-bond donors (Lipinski definition) is 0. The Hall–Kier alpha value is -2.74. The van der Waals surface area contributed by atoms with E-state index in [1.165, 1.54) is 35.1 Å². The van der Waals surface area contributed by atoms with Crippen LogP contribution in [0.4, 0.5) is 0 Å². The van der Waals surface area contributed by atoms with Gasteiger partial charge in [-0.25, -0.2) is 4.99 Å². The van der Waals surface area contributed by atoms with Crippen molar-refractivity contribution in [1.29, 1.82) is 0 Å². The minimum Gasteiger partial charge on any atom is -0.260 e.